The van der Waals surface area contributed by atoms with Crippen molar-refractivity contribution in [3.8, 4) is 22.9 Å². The Morgan fingerprint density at radius 2 is 1.69 bits per heavy atom. The first-order valence-corrected chi connectivity index (χ1v) is 16.7. The number of nitrogens with one attached hydrogen (secondary N) is 2. The van der Waals surface area contributed by atoms with Crippen LogP contribution in [0, 0.1) is 0 Å². The van der Waals surface area contributed by atoms with Crippen molar-refractivity contribution in [3.05, 3.63) is 90.3 Å². The van der Waals surface area contributed by atoms with Gasteiger partial charge in [-0.1, -0.05) is 53.8 Å². The van der Waals surface area contributed by atoms with Gasteiger partial charge in [-0.05, 0) is 63.4 Å². The molecule has 0 aliphatic carbocycles. The Morgan fingerprint density at radius 3 is 2.39 bits per heavy atom. The summed E-state index contributed by atoms with van der Waals surface area (Å²) in [6.45, 7) is 6.50. The van der Waals surface area contributed by atoms with Gasteiger partial charge in [0.2, 0.25) is 17.7 Å². The van der Waals surface area contributed by atoms with Gasteiger partial charge in [0, 0.05) is 18.6 Å². The Kier molecular flexibility index (Phi) is 9.66. The normalized spacial score (nSPS) is 16.2. The summed E-state index contributed by atoms with van der Waals surface area (Å²) < 4.78 is 54.3. The quantitative estimate of drug-likeness (QED) is 0.171. The van der Waals surface area contributed by atoms with Gasteiger partial charge in [-0.3, -0.25) is 14.5 Å². The van der Waals surface area contributed by atoms with E-state index < -0.39 is 41.4 Å². The molecule has 1 fully saturated rings. The number of anilines is 2. The maximum Gasteiger partial charge on any atom is 0.416 e. The first-order chi connectivity index (χ1) is 24.2. The van der Waals surface area contributed by atoms with Crippen molar-refractivity contribution >= 4 is 50.3 Å². The predicted molar refractivity (Wildman–Crippen MR) is 185 cm³/mol. The topological polar surface area (TPSA) is 136 Å². The highest BCUT2D eigenvalue weighted by molar-refractivity contribution is 7.22. The number of benzene rings is 3. The summed E-state index contributed by atoms with van der Waals surface area (Å²) in [6, 6.07) is 17.2. The lowest BCUT2D eigenvalue weighted by molar-refractivity contribution is -0.137. The molecule has 0 saturated carbocycles. The zero-order valence-corrected chi connectivity index (χ0v) is 28.8. The molecular formula is C36H33F3N6O5S. The molecule has 1 aliphatic heterocycles. The van der Waals surface area contributed by atoms with Gasteiger partial charge in [-0.15, -0.1) is 0 Å². The molecular weight excluding hydrogens is 685 g/mol. The zero-order valence-electron chi connectivity index (χ0n) is 27.9. The van der Waals surface area contributed by atoms with E-state index in [1.54, 1.807) is 32.9 Å². The predicted octanol–water partition coefficient (Wildman–Crippen LogP) is 8.60. The number of aromatic nitrogens is 3. The van der Waals surface area contributed by atoms with Crippen molar-refractivity contribution in [1.29, 1.82) is 0 Å². The average molecular weight is 719 g/mol. The van der Waals surface area contributed by atoms with Crippen molar-refractivity contribution in [2.75, 3.05) is 10.6 Å². The van der Waals surface area contributed by atoms with E-state index in [-0.39, 0.29) is 35.2 Å². The highest BCUT2D eigenvalue weighted by atomic mass is 32.1. The van der Waals surface area contributed by atoms with E-state index >= 15 is 0 Å². The van der Waals surface area contributed by atoms with Gasteiger partial charge in [-0.25, -0.2) is 19.7 Å². The van der Waals surface area contributed by atoms with Crippen LogP contribution in [0.5, 0.6) is 11.6 Å². The van der Waals surface area contributed by atoms with Crippen LogP contribution in [0.1, 0.15) is 57.7 Å². The van der Waals surface area contributed by atoms with E-state index in [1.807, 2.05) is 36.4 Å². The number of hydrogen-bond donors (Lipinski definition) is 2. The molecule has 11 nitrogen and oxygen atoms in total. The van der Waals surface area contributed by atoms with E-state index in [9.17, 15) is 27.6 Å². The number of amides is 3. The number of ether oxygens (including phenoxy) is 2. The molecule has 0 radical (unpaired) electrons. The summed E-state index contributed by atoms with van der Waals surface area (Å²) >= 11 is 1.25. The van der Waals surface area contributed by atoms with Crippen LogP contribution < -0.4 is 15.4 Å². The molecule has 15 heteroatoms. The Morgan fingerprint density at radius 1 is 0.922 bits per heavy atom. The van der Waals surface area contributed by atoms with Gasteiger partial charge >= 0.3 is 12.3 Å². The number of nitrogens with zero attached hydrogens (tertiary/aromatic N) is 4. The lowest BCUT2D eigenvalue weighted by atomic mass is 10.0. The van der Waals surface area contributed by atoms with Gasteiger partial charge in [0.1, 0.15) is 23.5 Å². The highest BCUT2D eigenvalue weighted by Gasteiger charge is 2.44. The average Bonchev–Trinajstić information content (AvgIpc) is 3.69. The molecule has 2 N–H and O–H groups in total. The third-order valence-electron chi connectivity index (χ3n) is 7.88. The second-order valence-electron chi connectivity index (χ2n) is 12.8. The second kappa shape index (κ2) is 14.0. The van der Waals surface area contributed by atoms with Gasteiger partial charge in [-0.2, -0.15) is 13.2 Å². The maximum atomic E-state index is 14.0. The fourth-order valence-corrected chi connectivity index (χ4v) is 6.70. The van der Waals surface area contributed by atoms with Gasteiger partial charge in [0.15, 0.2) is 10.9 Å². The van der Waals surface area contributed by atoms with E-state index in [0.29, 0.717) is 22.8 Å². The van der Waals surface area contributed by atoms with E-state index in [2.05, 4.69) is 25.6 Å². The summed E-state index contributed by atoms with van der Waals surface area (Å²) in [5, 5.41) is 5.69. The first-order valence-electron chi connectivity index (χ1n) is 15.9. The van der Waals surface area contributed by atoms with Gasteiger partial charge in [0.25, 0.3) is 0 Å². The lowest BCUT2D eigenvalue weighted by Gasteiger charge is -2.32. The molecule has 0 bridgehead atoms. The van der Waals surface area contributed by atoms with Crippen LogP contribution in [-0.2, 0) is 20.5 Å². The number of rotatable bonds is 7. The number of thiazole rings is 1. The molecule has 3 amide bonds. The summed E-state index contributed by atoms with van der Waals surface area (Å²) in [5.74, 6) is -0.591. The molecule has 2 aromatic heterocycles. The monoisotopic (exact) mass is 718 g/mol. The molecule has 51 heavy (non-hydrogen) atoms. The molecule has 3 heterocycles. The Labute approximate surface area is 294 Å². The minimum absolute atomic E-state index is 0.0522. The lowest BCUT2D eigenvalue weighted by Crippen LogP contribution is -2.46. The molecule has 5 aromatic rings. The largest absolute Gasteiger partial charge is 0.444 e. The summed E-state index contributed by atoms with van der Waals surface area (Å²) in [5.41, 5.74) is -0.443. The molecule has 3 aromatic carbocycles. The van der Waals surface area contributed by atoms with E-state index in [4.69, 9.17) is 9.47 Å². The fraction of sp³-hybridized carbons (Fsp3) is 0.278. The SMILES string of the molecule is CC(=O)Nc1nc2c(Oc3cc(-c4ccc(C(F)(F)F)cc4NC(=O)[C@@H]4CC[C@H](c5ccccc5)N4C(=O)OC(C)(C)C)ncn3)cccc2s1. The number of hydrogen-bond acceptors (Lipinski definition) is 9. The highest BCUT2D eigenvalue weighted by Crippen LogP contribution is 2.40. The van der Waals surface area contributed by atoms with Crippen LogP contribution in [0.3, 0.4) is 0 Å². The smallest absolute Gasteiger partial charge is 0.416 e. The molecule has 0 spiro atoms. The van der Waals surface area contributed by atoms with E-state index in [1.165, 1.54) is 41.6 Å². The minimum Gasteiger partial charge on any atom is -0.444 e. The van der Waals surface area contributed by atoms with Crippen molar-refractivity contribution in [2.24, 2.45) is 0 Å². The van der Waals surface area contributed by atoms with Crippen LogP contribution in [0.2, 0.25) is 0 Å². The number of likely N-dealkylation sites (tertiary alicyclic amines) is 1. The Bertz CT molecular complexity index is 2100. The molecule has 6 rings (SSSR count). The van der Waals surface area contributed by atoms with Crippen LogP contribution in [0.25, 0.3) is 21.5 Å². The second-order valence-corrected chi connectivity index (χ2v) is 13.8. The molecule has 0 unspecified atom stereocenters. The third kappa shape index (κ3) is 8.09. The number of carbonyl (C=O) groups is 3. The van der Waals surface area contributed by atoms with Crippen LogP contribution in [0.4, 0.5) is 28.8 Å². The first kappa shape index (κ1) is 35.3. The van der Waals surface area contributed by atoms with Crippen molar-refractivity contribution in [3.63, 3.8) is 0 Å². The van der Waals surface area contributed by atoms with Crippen LogP contribution in [-0.4, -0.2) is 49.4 Å². The third-order valence-corrected chi connectivity index (χ3v) is 8.81. The fourth-order valence-electron chi connectivity index (χ4n) is 5.77. The summed E-state index contributed by atoms with van der Waals surface area (Å²) in [7, 11) is 0. The van der Waals surface area contributed by atoms with Crippen molar-refractivity contribution in [2.45, 2.75) is 64.4 Å². The number of para-hydroxylation sites is 1. The number of fused-ring (bicyclic) bond motifs is 1. The number of carbonyl (C=O) groups excluding carboxylic acids is 3. The number of halogens is 3. The summed E-state index contributed by atoms with van der Waals surface area (Å²) in [4.78, 5) is 53.3. The Balaban J connectivity index is 1.33. The standard InChI is InChI=1S/C36H33F3N6O5S/c1-20(46)42-33-44-31-28(11-8-12-29(31)51-33)49-30-18-24(40-19-41-30)23-14-13-22(36(37,38)39)17-25(23)43-32(47)27-16-15-26(21-9-6-5-7-10-21)45(27)34(48)50-35(2,3)4/h5-14,17-19,26-27H,15-16H2,1-4H3,(H,43,47)(H,42,44,46)/t26-,27+/m1/s1. The molecule has 1 saturated heterocycles. The molecule has 264 valence electrons. The minimum atomic E-state index is -4.71. The van der Waals surface area contributed by atoms with Crippen molar-refractivity contribution < 1.29 is 37.0 Å². The van der Waals surface area contributed by atoms with Crippen LogP contribution in [0.15, 0.2) is 79.1 Å². The van der Waals surface area contributed by atoms with E-state index in [0.717, 1.165) is 22.4 Å². The van der Waals surface area contributed by atoms with Gasteiger partial charge < -0.3 is 20.1 Å². The molecule has 2 atom stereocenters. The zero-order chi connectivity index (χ0) is 36.5. The number of alkyl halides is 3. The Hall–Kier alpha value is -5.57. The summed E-state index contributed by atoms with van der Waals surface area (Å²) in [6.07, 6.45) is -3.56. The molecule has 1 aliphatic rings. The van der Waals surface area contributed by atoms with Crippen LogP contribution >= 0.6 is 11.3 Å². The van der Waals surface area contributed by atoms with Gasteiger partial charge in [0.05, 0.1) is 27.7 Å². The maximum absolute atomic E-state index is 14.0. The van der Waals surface area contributed by atoms with Crippen molar-refractivity contribution in [1.82, 2.24) is 19.9 Å².